The predicted octanol–water partition coefficient (Wildman–Crippen LogP) is 3.12. The van der Waals surface area contributed by atoms with Crippen molar-refractivity contribution in [3.05, 3.63) is 16.8 Å². The Hall–Kier alpha value is -1.73. The Morgan fingerprint density at radius 1 is 1.38 bits per heavy atom. The standard InChI is InChI=1S/C17H24N4O2S/c1-11-13-15(18-8-5-9-23-2)19-10-20-17(13)24-14(11)16(22)21-12-6-3-4-7-12/h10,12H,3-9H2,1-2H3,(H,21,22)(H,18,19,20). The zero-order valence-electron chi connectivity index (χ0n) is 14.2. The van der Waals surface area contributed by atoms with Crippen LogP contribution < -0.4 is 10.6 Å². The smallest absolute Gasteiger partial charge is 0.261 e. The van der Waals surface area contributed by atoms with Gasteiger partial charge in [0, 0.05) is 26.3 Å². The molecule has 1 amide bonds. The summed E-state index contributed by atoms with van der Waals surface area (Å²) in [4.78, 5) is 22.9. The van der Waals surface area contributed by atoms with Crippen LogP contribution in [0.4, 0.5) is 5.82 Å². The Balaban J connectivity index is 1.79. The third-order valence-corrected chi connectivity index (χ3v) is 5.64. The van der Waals surface area contributed by atoms with Crippen molar-refractivity contribution in [1.29, 1.82) is 0 Å². The summed E-state index contributed by atoms with van der Waals surface area (Å²) in [6, 6.07) is 0.319. The maximum atomic E-state index is 12.6. The summed E-state index contributed by atoms with van der Waals surface area (Å²) < 4.78 is 5.07. The van der Waals surface area contributed by atoms with Gasteiger partial charge in [-0.25, -0.2) is 9.97 Å². The summed E-state index contributed by atoms with van der Waals surface area (Å²) in [6.07, 6.45) is 7.04. The number of hydrogen-bond acceptors (Lipinski definition) is 6. The quantitative estimate of drug-likeness (QED) is 0.752. The molecule has 1 fully saturated rings. The molecule has 0 aromatic carbocycles. The fraction of sp³-hybridized carbons (Fsp3) is 0.588. The van der Waals surface area contributed by atoms with Crippen molar-refractivity contribution in [2.24, 2.45) is 0 Å². The topological polar surface area (TPSA) is 76.1 Å². The third-order valence-electron chi connectivity index (χ3n) is 4.44. The van der Waals surface area contributed by atoms with E-state index in [0.29, 0.717) is 12.6 Å². The van der Waals surface area contributed by atoms with Crippen molar-refractivity contribution in [3.8, 4) is 0 Å². The van der Waals surface area contributed by atoms with Gasteiger partial charge >= 0.3 is 0 Å². The first-order valence-corrected chi connectivity index (χ1v) is 9.30. The Kier molecular flexibility index (Phi) is 5.63. The van der Waals surface area contributed by atoms with E-state index in [4.69, 9.17) is 4.74 Å². The number of aryl methyl sites for hydroxylation is 1. The highest BCUT2D eigenvalue weighted by molar-refractivity contribution is 7.20. The minimum Gasteiger partial charge on any atom is -0.385 e. The maximum absolute atomic E-state index is 12.6. The van der Waals surface area contributed by atoms with Crippen LogP contribution in [0.5, 0.6) is 0 Å². The molecule has 2 aromatic heterocycles. The normalized spacial score (nSPS) is 15.1. The fourth-order valence-corrected chi connectivity index (χ4v) is 4.22. The molecule has 6 nitrogen and oxygen atoms in total. The molecule has 7 heteroatoms. The molecule has 130 valence electrons. The number of anilines is 1. The monoisotopic (exact) mass is 348 g/mol. The number of methoxy groups -OCH3 is 1. The minimum absolute atomic E-state index is 0.0210. The summed E-state index contributed by atoms with van der Waals surface area (Å²) in [7, 11) is 1.70. The van der Waals surface area contributed by atoms with E-state index in [0.717, 1.165) is 52.3 Å². The van der Waals surface area contributed by atoms with Crippen LogP contribution in [0.2, 0.25) is 0 Å². The number of nitrogens with one attached hydrogen (secondary N) is 2. The number of nitrogens with zero attached hydrogens (tertiary/aromatic N) is 2. The van der Waals surface area contributed by atoms with Crippen molar-refractivity contribution in [2.75, 3.05) is 25.6 Å². The largest absolute Gasteiger partial charge is 0.385 e. The lowest BCUT2D eigenvalue weighted by molar-refractivity contribution is 0.0941. The lowest BCUT2D eigenvalue weighted by Gasteiger charge is -2.11. The van der Waals surface area contributed by atoms with Crippen molar-refractivity contribution in [3.63, 3.8) is 0 Å². The van der Waals surface area contributed by atoms with Gasteiger partial charge in [-0.15, -0.1) is 11.3 Å². The molecule has 0 spiro atoms. The van der Waals surface area contributed by atoms with Gasteiger partial charge in [0.1, 0.15) is 17.0 Å². The van der Waals surface area contributed by atoms with Crippen LogP contribution in [0.3, 0.4) is 0 Å². The van der Waals surface area contributed by atoms with E-state index in [1.807, 2.05) is 6.92 Å². The number of fused-ring (bicyclic) bond motifs is 1. The van der Waals surface area contributed by atoms with E-state index >= 15 is 0 Å². The van der Waals surface area contributed by atoms with Gasteiger partial charge in [0.25, 0.3) is 5.91 Å². The summed E-state index contributed by atoms with van der Waals surface area (Å²) in [6.45, 7) is 3.46. The maximum Gasteiger partial charge on any atom is 0.261 e. The molecule has 2 heterocycles. The molecule has 0 atom stereocenters. The van der Waals surface area contributed by atoms with Crippen LogP contribution in [-0.4, -0.2) is 42.2 Å². The lowest BCUT2D eigenvalue weighted by Crippen LogP contribution is -2.32. The number of ether oxygens (including phenoxy) is 1. The first-order chi connectivity index (χ1) is 11.7. The Bertz CT molecular complexity index is 710. The number of carbonyl (C=O) groups is 1. The molecule has 24 heavy (non-hydrogen) atoms. The van der Waals surface area contributed by atoms with E-state index in [9.17, 15) is 4.79 Å². The average molecular weight is 348 g/mol. The fourth-order valence-electron chi connectivity index (χ4n) is 3.17. The molecule has 1 aliphatic carbocycles. The third kappa shape index (κ3) is 3.67. The first kappa shape index (κ1) is 17.1. The summed E-state index contributed by atoms with van der Waals surface area (Å²) >= 11 is 1.45. The molecule has 0 bridgehead atoms. The van der Waals surface area contributed by atoms with Crippen molar-refractivity contribution in [1.82, 2.24) is 15.3 Å². The van der Waals surface area contributed by atoms with Gasteiger partial charge < -0.3 is 15.4 Å². The first-order valence-electron chi connectivity index (χ1n) is 8.48. The van der Waals surface area contributed by atoms with Crippen molar-refractivity contribution < 1.29 is 9.53 Å². The van der Waals surface area contributed by atoms with Crippen LogP contribution in [0.1, 0.15) is 47.3 Å². The molecular formula is C17H24N4O2S. The zero-order valence-corrected chi connectivity index (χ0v) is 15.0. The van der Waals surface area contributed by atoms with Gasteiger partial charge in [-0.05, 0) is 31.7 Å². The highest BCUT2D eigenvalue weighted by atomic mass is 32.1. The highest BCUT2D eigenvalue weighted by Crippen LogP contribution is 2.33. The average Bonchev–Trinajstić information content (AvgIpc) is 3.20. The molecule has 2 aromatic rings. The molecule has 0 aliphatic heterocycles. The van der Waals surface area contributed by atoms with E-state index in [1.54, 1.807) is 13.4 Å². The number of carbonyl (C=O) groups excluding carboxylic acids is 1. The van der Waals surface area contributed by atoms with Gasteiger partial charge in [0.2, 0.25) is 0 Å². The van der Waals surface area contributed by atoms with Crippen molar-refractivity contribution in [2.45, 2.75) is 45.1 Å². The second-order valence-corrected chi connectivity index (χ2v) is 7.19. The molecule has 1 aliphatic rings. The predicted molar refractivity (Wildman–Crippen MR) is 96.9 cm³/mol. The summed E-state index contributed by atoms with van der Waals surface area (Å²) in [5, 5.41) is 7.45. The molecule has 0 unspecified atom stereocenters. The van der Waals surface area contributed by atoms with E-state index in [1.165, 1.54) is 24.2 Å². The van der Waals surface area contributed by atoms with Crippen LogP contribution in [0.15, 0.2) is 6.33 Å². The van der Waals surface area contributed by atoms with Crippen LogP contribution in [0.25, 0.3) is 10.2 Å². The Morgan fingerprint density at radius 3 is 2.92 bits per heavy atom. The number of thiophene rings is 1. The number of amides is 1. The SMILES string of the molecule is COCCCNc1ncnc2sc(C(=O)NC3CCCC3)c(C)c12. The zero-order chi connectivity index (χ0) is 16.9. The van der Waals surface area contributed by atoms with Crippen LogP contribution >= 0.6 is 11.3 Å². The number of aromatic nitrogens is 2. The highest BCUT2D eigenvalue weighted by Gasteiger charge is 2.23. The van der Waals surface area contributed by atoms with Crippen LogP contribution in [0, 0.1) is 6.92 Å². The molecule has 2 N–H and O–H groups in total. The van der Waals surface area contributed by atoms with Crippen LogP contribution in [-0.2, 0) is 4.74 Å². The van der Waals surface area contributed by atoms with E-state index in [2.05, 4.69) is 20.6 Å². The van der Waals surface area contributed by atoms with E-state index < -0.39 is 0 Å². The molecule has 1 saturated carbocycles. The summed E-state index contributed by atoms with van der Waals surface area (Å²) in [5.74, 6) is 0.817. The van der Waals surface area contributed by atoms with E-state index in [-0.39, 0.29) is 5.91 Å². The van der Waals surface area contributed by atoms with Gasteiger partial charge in [-0.3, -0.25) is 4.79 Å². The Labute approximate surface area is 146 Å². The Morgan fingerprint density at radius 2 is 2.17 bits per heavy atom. The number of rotatable bonds is 7. The summed E-state index contributed by atoms with van der Waals surface area (Å²) in [5.41, 5.74) is 0.959. The van der Waals surface area contributed by atoms with Gasteiger partial charge in [0.05, 0.1) is 10.3 Å². The second kappa shape index (κ2) is 7.90. The van der Waals surface area contributed by atoms with Gasteiger partial charge in [0.15, 0.2) is 0 Å². The second-order valence-electron chi connectivity index (χ2n) is 6.19. The van der Waals surface area contributed by atoms with Gasteiger partial charge in [-0.2, -0.15) is 0 Å². The lowest BCUT2D eigenvalue weighted by atomic mass is 10.2. The van der Waals surface area contributed by atoms with Gasteiger partial charge in [-0.1, -0.05) is 12.8 Å². The number of hydrogen-bond donors (Lipinski definition) is 2. The molecular weight excluding hydrogens is 324 g/mol. The van der Waals surface area contributed by atoms with Crippen molar-refractivity contribution >= 4 is 33.3 Å². The molecule has 3 rings (SSSR count). The molecule has 0 radical (unpaired) electrons. The minimum atomic E-state index is 0.0210. The molecule has 0 saturated heterocycles.